The SMILES string of the molecule is CCOP(=O)(Oc1cc(C(C)(C)C)c(O)c(C(C)(C)C)c1)C(CC)Nc1nc2ccccc2s1. The van der Waals surface area contributed by atoms with Crippen molar-refractivity contribution >= 4 is 34.3 Å². The van der Waals surface area contributed by atoms with Crippen LogP contribution in [0.1, 0.15) is 72.9 Å². The van der Waals surface area contributed by atoms with Crippen LogP contribution in [-0.2, 0) is 19.9 Å². The van der Waals surface area contributed by atoms with Gasteiger partial charge in [0, 0.05) is 11.1 Å². The summed E-state index contributed by atoms with van der Waals surface area (Å²) in [5, 5.41) is 15.0. The maximum absolute atomic E-state index is 14.1. The standard InChI is InChI=1S/C26H37N2O4PS/c1-9-22(28-24-27-20-13-11-12-14-21(20)34-24)33(30,31-10-2)32-17-15-18(25(3,4)5)23(29)19(16-17)26(6,7)8/h11-16,22,29H,9-10H2,1-8H3,(H,27,28). The van der Waals surface area contributed by atoms with E-state index in [0.29, 0.717) is 17.3 Å². The summed E-state index contributed by atoms with van der Waals surface area (Å²) in [7, 11) is -3.65. The van der Waals surface area contributed by atoms with Crippen LogP contribution in [0.2, 0.25) is 0 Å². The lowest BCUT2D eigenvalue weighted by Crippen LogP contribution is -2.23. The first-order chi connectivity index (χ1) is 15.8. The number of para-hydroxylation sites is 1. The number of phenols is 1. The molecule has 1 heterocycles. The molecule has 8 heteroatoms. The monoisotopic (exact) mass is 504 g/mol. The van der Waals surface area contributed by atoms with E-state index in [1.165, 1.54) is 11.3 Å². The molecule has 1 aromatic heterocycles. The van der Waals surface area contributed by atoms with Crippen molar-refractivity contribution in [1.29, 1.82) is 0 Å². The summed E-state index contributed by atoms with van der Waals surface area (Å²) in [5.41, 5.74) is 1.71. The van der Waals surface area contributed by atoms with E-state index in [1.807, 2.05) is 72.7 Å². The van der Waals surface area contributed by atoms with Crippen molar-refractivity contribution in [3.63, 3.8) is 0 Å². The summed E-state index contributed by atoms with van der Waals surface area (Å²) < 4.78 is 27.2. The summed E-state index contributed by atoms with van der Waals surface area (Å²) in [5.74, 6) is 0.0882. The number of nitrogens with zero attached hydrogens (tertiary/aromatic N) is 1. The fraction of sp³-hybridized carbons (Fsp3) is 0.500. The summed E-state index contributed by atoms with van der Waals surface area (Å²) >= 11 is 1.51. The van der Waals surface area contributed by atoms with Crippen molar-refractivity contribution in [2.45, 2.75) is 78.4 Å². The van der Waals surface area contributed by atoms with Crippen LogP contribution in [0.5, 0.6) is 11.5 Å². The zero-order valence-electron chi connectivity index (χ0n) is 21.4. The molecule has 0 saturated heterocycles. The number of aromatic hydroxyl groups is 1. The molecular formula is C26H37N2O4PS. The highest BCUT2D eigenvalue weighted by Gasteiger charge is 2.38. The predicted octanol–water partition coefficient (Wildman–Crippen LogP) is 8.05. The van der Waals surface area contributed by atoms with E-state index < -0.39 is 13.4 Å². The fourth-order valence-electron chi connectivity index (χ4n) is 3.79. The zero-order valence-corrected chi connectivity index (χ0v) is 23.1. The Morgan fingerprint density at radius 2 is 1.65 bits per heavy atom. The number of phenolic OH excluding ortho intramolecular Hbond substituents is 1. The lowest BCUT2D eigenvalue weighted by Gasteiger charge is -2.30. The van der Waals surface area contributed by atoms with E-state index in [1.54, 1.807) is 19.1 Å². The number of hydrogen-bond donors (Lipinski definition) is 2. The first kappa shape index (κ1) is 26.5. The fourth-order valence-corrected chi connectivity index (χ4v) is 6.64. The maximum atomic E-state index is 14.1. The van der Waals surface area contributed by atoms with Crippen LogP contribution in [0.25, 0.3) is 10.2 Å². The zero-order chi connectivity index (χ0) is 25.3. The van der Waals surface area contributed by atoms with Gasteiger partial charge in [0.25, 0.3) is 0 Å². The second-order valence-corrected chi connectivity index (χ2v) is 13.6. The summed E-state index contributed by atoms with van der Waals surface area (Å²) in [6, 6.07) is 11.4. The van der Waals surface area contributed by atoms with E-state index in [4.69, 9.17) is 9.05 Å². The molecule has 0 saturated carbocycles. The summed E-state index contributed by atoms with van der Waals surface area (Å²) in [6.45, 7) is 16.2. The van der Waals surface area contributed by atoms with Gasteiger partial charge < -0.3 is 14.9 Å². The minimum atomic E-state index is -3.65. The largest absolute Gasteiger partial charge is 0.507 e. The molecule has 0 bridgehead atoms. The number of anilines is 1. The molecule has 3 aromatic rings. The van der Waals surface area contributed by atoms with Gasteiger partial charge in [-0.05, 0) is 48.4 Å². The predicted molar refractivity (Wildman–Crippen MR) is 143 cm³/mol. The van der Waals surface area contributed by atoms with Crippen LogP contribution in [-0.4, -0.2) is 22.5 Å². The van der Waals surface area contributed by atoms with Gasteiger partial charge in [-0.3, -0.25) is 4.52 Å². The molecule has 6 nitrogen and oxygen atoms in total. The molecule has 2 atom stereocenters. The Morgan fingerprint density at radius 1 is 1.06 bits per heavy atom. The number of thiazole rings is 1. The Morgan fingerprint density at radius 3 is 2.15 bits per heavy atom. The van der Waals surface area contributed by atoms with Gasteiger partial charge in [-0.15, -0.1) is 0 Å². The highest BCUT2D eigenvalue weighted by atomic mass is 32.1. The molecule has 0 aliphatic rings. The average molecular weight is 505 g/mol. The second kappa shape index (κ2) is 9.88. The van der Waals surface area contributed by atoms with Gasteiger partial charge in [0.1, 0.15) is 17.3 Å². The van der Waals surface area contributed by atoms with Gasteiger partial charge in [0.2, 0.25) is 0 Å². The molecule has 34 heavy (non-hydrogen) atoms. The van der Waals surface area contributed by atoms with Crippen molar-refractivity contribution < 1.29 is 18.7 Å². The second-order valence-electron chi connectivity index (χ2n) is 10.5. The van der Waals surface area contributed by atoms with Gasteiger partial charge in [-0.2, -0.15) is 0 Å². The minimum Gasteiger partial charge on any atom is -0.507 e. The number of hydrogen-bond acceptors (Lipinski definition) is 7. The highest BCUT2D eigenvalue weighted by Crippen LogP contribution is 2.55. The Balaban J connectivity index is 2.02. The molecule has 2 N–H and O–H groups in total. The van der Waals surface area contributed by atoms with E-state index in [2.05, 4.69) is 10.3 Å². The minimum absolute atomic E-state index is 0.242. The van der Waals surface area contributed by atoms with Crippen LogP contribution in [0.3, 0.4) is 0 Å². The maximum Gasteiger partial charge on any atom is 0.401 e. The molecule has 0 aliphatic heterocycles. The normalized spacial score (nSPS) is 15.2. The molecule has 186 valence electrons. The Kier molecular flexibility index (Phi) is 7.71. The molecule has 0 fully saturated rings. The summed E-state index contributed by atoms with van der Waals surface area (Å²) in [4.78, 5) is 4.63. The van der Waals surface area contributed by atoms with E-state index in [9.17, 15) is 9.67 Å². The van der Waals surface area contributed by atoms with Crippen molar-refractivity contribution in [2.75, 3.05) is 11.9 Å². The van der Waals surface area contributed by atoms with Crippen molar-refractivity contribution in [1.82, 2.24) is 4.98 Å². The summed E-state index contributed by atoms with van der Waals surface area (Å²) in [6.07, 6.45) is 0.517. The highest BCUT2D eigenvalue weighted by molar-refractivity contribution is 7.55. The Labute approximate surface area is 207 Å². The smallest absolute Gasteiger partial charge is 0.401 e. The van der Waals surface area contributed by atoms with Crippen molar-refractivity contribution in [3.8, 4) is 11.5 Å². The molecule has 0 aliphatic carbocycles. The number of rotatable bonds is 8. The topological polar surface area (TPSA) is 80.7 Å². The quantitative estimate of drug-likeness (QED) is 0.302. The van der Waals surface area contributed by atoms with Gasteiger partial charge in [0.05, 0.1) is 16.8 Å². The van der Waals surface area contributed by atoms with Gasteiger partial charge in [0.15, 0.2) is 5.13 Å². The molecule has 2 aromatic carbocycles. The third-order valence-electron chi connectivity index (χ3n) is 5.59. The lowest BCUT2D eigenvalue weighted by atomic mass is 9.79. The molecular weight excluding hydrogens is 467 g/mol. The third kappa shape index (κ3) is 5.76. The van der Waals surface area contributed by atoms with Gasteiger partial charge in [-0.25, -0.2) is 9.55 Å². The first-order valence-corrected chi connectivity index (χ1v) is 14.1. The lowest BCUT2D eigenvalue weighted by molar-refractivity contribution is 0.271. The van der Waals surface area contributed by atoms with Gasteiger partial charge >= 0.3 is 7.60 Å². The van der Waals surface area contributed by atoms with Crippen LogP contribution in [0, 0.1) is 0 Å². The van der Waals surface area contributed by atoms with E-state index in [0.717, 1.165) is 21.3 Å². The molecule has 0 spiro atoms. The third-order valence-corrected chi connectivity index (χ3v) is 8.90. The molecule has 0 radical (unpaired) electrons. The van der Waals surface area contributed by atoms with Crippen molar-refractivity contribution in [3.05, 3.63) is 47.5 Å². The number of fused-ring (bicyclic) bond motifs is 1. The molecule has 2 unspecified atom stereocenters. The Hall–Kier alpha value is -2.08. The number of aromatic nitrogens is 1. The van der Waals surface area contributed by atoms with E-state index in [-0.39, 0.29) is 23.2 Å². The first-order valence-electron chi connectivity index (χ1n) is 11.7. The molecule has 3 rings (SSSR count). The van der Waals surface area contributed by atoms with Crippen LogP contribution < -0.4 is 9.84 Å². The van der Waals surface area contributed by atoms with Crippen LogP contribution in [0.15, 0.2) is 36.4 Å². The Bertz CT molecular complexity index is 1130. The van der Waals surface area contributed by atoms with Crippen LogP contribution >= 0.6 is 18.9 Å². The average Bonchev–Trinajstić information content (AvgIpc) is 3.14. The van der Waals surface area contributed by atoms with Crippen molar-refractivity contribution in [2.24, 2.45) is 0 Å². The number of benzene rings is 2. The number of nitrogens with one attached hydrogen (secondary N) is 1. The van der Waals surface area contributed by atoms with Gasteiger partial charge in [-0.1, -0.05) is 71.9 Å². The van der Waals surface area contributed by atoms with E-state index >= 15 is 0 Å². The molecule has 0 amide bonds. The van der Waals surface area contributed by atoms with Crippen LogP contribution in [0.4, 0.5) is 5.13 Å².